The predicted molar refractivity (Wildman–Crippen MR) is 48.7 cm³/mol. The molecule has 0 amide bonds. The van der Waals surface area contributed by atoms with E-state index in [4.69, 9.17) is 11.5 Å². The number of aliphatic imine (C=N–C) groups is 1. The highest BCUT2D eigenvalue weighted by atomic mass is 32.2. The Labute approximate surface area is 70.4 Å². The molecular formula is C6H13N3OS. The summed E-state index contributed by atoms with van der Waals surface area (Å²) in [5, 5.41) is 0.0317. The lowest BCUT2D eigenvalue weighted by molar-refractivity contribution is -0.107. The summed E-state index contributed by atoms with van der Waals surface area (Å²) in [5.74, 6) is 0.877. The number of guanidine groups is 1. The van der Waals surface area contributed by atoms with Gasteiger partial charge in [0.15, 0.2) is 5.96 Å². The molecule has 4 N–H and O–H groups in total. The van der Waals surface area contributed by atoms with Crippen molar-refractivity contribution in [3.8, 4) is 0 Å². The number of carbonyl (C=O) groups excluding carboxylic acids is 1. The van der Waals surface area contributed by atoms with Crippen molar-refractivity contribution < 1.29 is 4.79 Å². The van der Waals surface area contributed by atoms with Crippen molar-refractivity contribution in [3.63, 3.8) is 0 Å². The first-order valence-corrected chi connectivity index (χ1v) is 4.34. The zero-order valence-electron chi connectivity index (χ0n) is 6.49. The maximum absolute atomic E-state index is 10.1. The van der Waals surface area contributed by atoms with E-state index in [0.29, 0.717) is 6.54 Å². The van der Waals surface area contributed by atoms with E-state index in [2.05, 4.69) is 4.99 Å². The van der Waals surface area contributed by atoms with Gasteiger partial charge >= 0.3 is 0 Å². The van der Waals surface area contributed by atoms with Crippen LogP contribution in [0.5, 0.6) is 0 Å². The van der Waals surface area contributed by atoms with E-state index < -0.39 is 0 Å². The number of rotatable bonds is 5. The summed E-state index contributed by atoms with van der Waals surface area (Å²) in [4.78, 5) is 13.9. The van der Waals surface area contributed by atoms with Crippen LogP contribution < -0.4 is 11.5 Å². The first kappa shape index (κ1) is 10.3. The lowest BCUT2D eigenvalue weighted by atomic mass is 10.5. The fourth-order valence-electron chi connectivity index (χ4n) is 0.453. The van der Waals surface area contributed by atoms with Crippen LogP contribution in [0.1, 0.15) is 6.92 Å². The molecule has 0 aliphatic carbocycles. The molecule has 0 bridgehead atoms. The van der Waals surface area contributed by atoms with Gasteiger partial charge < -0.3 is 16.3 Å². The molecule has 0 aromatic heterocycles. The Hall–Kier alpha value is -0.710. The van der Waals surface area contributed by atoms with Crippen LogP contribution in [-0.2, 0) is 4.79 Å². The Balaban J connectivity index is 3.28. The zero-order chi connectivity index (χ0) is 8.69. The molecule has 0 aromatic carbocycles. The van der Waals surface area contributed by atoms with Crippen molar-refractivity contribution in [3.05, 3.63) is 0 Å². The maximum atomic E-state index is 10.1. The van der Waals surface area contributed by atoms with Gasteiger partial charge in [0, 0.05) is 5.75 Å². The Morgan fingerprint density at radius 2 is 2.36 bits per heavy atom. The maximum Gasteiger partial charge on any atom is 0.185 e. The lowest BCUT2D eigenvalue weighted by Crippen LogP contribution is -2.23. The van der Waals surface area contributed by atoms with Crippen LogP contribution in [0.3, 0.4) is 0 Å². The third kappa shape index (κ3) is 7.18. The van der Waals surface area contributed by atoms with Gasteiger partial charge in [-0.15, -0.1) is 11.8 Å². The molecule has 0 aliphatic rings. The standard InChI is InChI=1S/C6H13N3OS/c1-5(4-10)11-3-2-9-6(7)8/h4-5H,2-3H2,1H3,(H4,7,8,9). The van der Waals surface area contributed by atoms with Gasteiger partial charge in [0.25, 0.3) is 0 Å². The van der Waals surface area contributed by atoms with Crippen LogP contribution in [0.25, 0.3) is 0 Å². The Morgan fingerprint density at radius 3 is 2.82 bits per heavy atom. The van der Waals surface area contributed by atoms with E-state index in [1.807, 2.05) is 6.92 Å². The second-order valence-electron chi connectivity index (χ2n) is 2.02. The smallest absolute Gasteiger partial charge is 0.185 e. The van der Waals surface area contributed by atoms with Crippen molar-refractivity contribution in [1.29, 1.82) is 0 Å². The SMILES string of the molecule is CC(C=O)SCCN=C(N)N. The van der Waals surface area contributed by atoms with E-state index in [0.717, 1.165) is 12.0 Å². The van der Waals surface area contributed by atoms with Crippen LogP contribution in [-0.4, -0.2) is 29.8 Å². The van der Waals surface area contributed by atoms with Crippen LogP contribution in [0, 0.1) is 0 Å². The van der Waals surface area contributed by atoms with Gasteiger partial charge in [-0.3, -0.25) is 4.99 Å². The molecule has 0 fully saturated rings. The summed E-state index contributed by atoms with van der Waals surface area (Å²) in [6.07, 6.45) is 0.903. The van der Waals surface area contributed by atoms with E-state index in [9.17, 15) is 4.79 Å². The topological polar surface area (TPSA) is 81.5 Å². The van der Waals surface area contributed by atoms with Crippen LogP contribution in [0.15, 0.2) is 4.99 Å². The van der Waals surface area contributed by atoms with Gasteiger partial charge in [-0.2, -0.15) is 0 Å². The molecule has 0 aliphatic heterocycles. The van der Waals surface area contributed by atoms with Crippen molar-refractivity contribution in [2.24, 2.45) is 16.5 Å². The second-order valence-corrected chi connectivity index (χ2v) is 3.50. The third-order valence-electron chi connectivity index (χ3n) is 0.958. The molecule has 0 spiro atoms. The number of aldehydes is 1. The van der Waals surface area contributed by atoms with Gasteiger partial charge in [-0.25, -0.2) is 0 Å². The molecule has 4 nitrogen and oxygen atoms in total. The minimum Gasteiger partial charge on any atom is -0.370 e. The van der Waals surface area contributed by atoms with Crippen molar-refractivity contribution >= 4 is 24.0 Å². The normalized spacial score (nSPS) is 12.1. The summed E-state index contributed by atoms with van der Waals surface area (Å²) < 4.78 is 0. The molecule has 0 heterocycles. The van der Waals surface area contributed by atoms with Gasteiger partial charge in [-0.05, 0) is 6.92 Å². The summed E-state index contributed by atoms with van der Waals surface area (Å²) in [5.41, 5.74) is 10.2. The Morgan fingerprint density at radius 1 is 1.73 bits per heavy atom. The minimum atomic E-state index is 0.0317. The first-order valence-electron chi connectivity index (χ1n) is 3.29. The minimum absolute atomic E-state index is 0.0317. The predicted octanol–water partition coefficient (Wildman–Crippen LogP) is -0.420. The van der Waals surface area contributed by atoms with Crippen LogP contribution in [0.2, 0.25) is 0 Å². The molecule has 5 heteroatoms. The monoisotopic (exact) mass is 175 g/mol. The van der Waals surface area contributed by atoms with Crippen LogP contribution in [0.4, 0.5) is 0 Å². The van der Waals surface area contributed by atoms with Gasteiger partial charge in [0.2, 0.25) is 0 Å². The highest BCUT2D eigenvalue weighted by Crippen LogP contribution is 2.06. The summed E-state index contributed by atoms with van der Waals surface area (Å²) in [6, 6.07) is 0. The van der Waals surface area contributed by atoms with E-state index >= 15 is 0 Å². The van der Waals surface area contributed by atoms with Crippen molar-refractivity contribution in [2.75, 3.05) is 12.3 Å². The highest BCUT2D eigenvalue weighted by Gasteiger charge is 1.97. The van der Waals surface area contributed by atoms with Gasteiger partial charge in [-0.1, -0.05) is 0 Å². The van der Waals surface area contributed by atoms with E-state index in [-0.39, 0.29) is 11.2 Å². The lowest BCUT2D eigenvalue weighted by Gasteiger charge is -1.99. The average molecular weight is 175 g/mol. The molecule has 1 atom stereocenters. The average Bonchev–Trinajstić information content (AvgIpc) is 1.97. The summed E-state index contributed by atoms with van der Waals surface area (Å²) in [6.45, 7) is 2.42. The second kappa shape index (κ2) is 6.03. The number of hydrogen-bond donors (Lipinski definition) is 2. The zero-order valence-corrected chi connectivity index (χ0v) is 7.30. The Kier molecular flexibility index (Phi) is 5.64. The molecule has 0 radical (unpaired) electrons. The molecule has 0 rings (SSSR count). The highest BCUT2D eigenvalue weighted by molar-refractivity contribution is 8.00. The van der Waals surface area contributed by atoms with Gasteiger partial charge in [0.05, 0.1) is 11.8 Å². The molecule has 64 valence electrons. The quantitative estimate of drug-likeness (QED) is 0.257. The number of nitrogens with zero attached hydrogens (tertiary/aromatic N) is 1. The van der Waals surface area contributed by atoms with E-state index in [1.165, 1.54) is 11.8 Å². The largest absolute Gasteiger partial charge is 0.370 e. The van der Waals surface area contributed by atoms with E-state index in [1.54, 1.807) is 0 Å². The Bertz CT molecular complexity index is 145. The summed E-state index contributed by atoms with van der Waals surface area (Å²) in [7, 11) is 0. The molecular weight excluding hydrogens is 162 g/mol. The van der Waals surface area contributed by atoms with Gasteiger partial charge in [0.1, 0.15) is 6.29 Å². The first-order chi connectivity index (χ1) is 5.16. The molecule has 1 unspecified atom stereocenters. The number of thioether (sulfide) groups is 1. The molecule has 0 aromatic rings. The third-order valence-corrected chi connectivity index (χ3v) is 2.01. The van der Waals surface area contributed by atoms with Crippen molar-refractivity contribution in [2.45, 2.75) is 12.2 Å². The molecule has 11 heavy (non-hydrogen) atoms. The summed E-state index contributed by atoms with van der Waals surface area (Å²) >= 11 is 1.53. The molecule has 0 saturated heterocycles. The number of nitrogens with two attached hydrogens (primary N) is 2. The van der Waals surface area contributed by atoms with Crippen molar-refractivity contribution in [1.82, 2.24) is 0 Å². The fraction of sp³-hybridized carbons (Fsp3) is 0.667. The van der Waals surface area contributed by atoms with Crippen LogP contribution >= 0.6 is 11.8 Å². The number of carbonyl (C=O) groups is 1. The molecule has 0 saturated carbocycles. The fourth-order valence-corrected chi connectivity index (χ4v) is 1.10. The number of hydrogen-bond acceptors (Lipinski definition) is 3.